The minimum absolute atomic E-state index is 0.0337. The third-order valence-electron chi connectivity index (χ3n) is 5.32. The average Bonchev–Trinajstić information content (AvgIpc) is 2.99. The van der Waals surface area contributed by atoms with E-state index in [4.69, 9.17) is 23.2 Å². The smallest absolute Gasteiger partial charge is 0.321 e. The number of aliphatic carboxylic acids is 1. The van der Waals surface area contributed by atoms with Gasteiger partial charge in [-0.2, -0.15) is 5.26 Å². The summed E-state index contributed by atoms with van der Waals surface area (Å²) in [4.78, 5) is 12.1. The number of nitriles is 1. The van der Waals surface area contributed by atoms with Crippen LogP contribution in [0.5, 0.6) is 0 Å². The van der Waals surface area contributed by atoms with Gasteiger partial charge in [-0.1, -0.05) is 61.3 Å². The van der Waals surface area contributed by atoms with E-state index in [-0.39, 0.29) is 12.0 Å². The van der Waals surface area contributed by atoms with E-state index in [0.717, 1.165) is 11.1 Å². The summed E-state index contributed by atoms with van der Waals surface area (Å²) in [5, 5.41) is 24.6. The monoisotopic (exact) mass is 402 g/mol. The number of hydrogen-bond donors (Lipinski definition) is 2. The van der Waals surface area contributed by atoms with E-state index < -0.39 is 23.3 Å². The molecule has 0 saturated carbocycles. The lowest BCUT2D eigenvalue weighted by Crippen LogP contribution is -2.45. The molecule has 0 amide bonds. The van der Waals surface area contributed by atoms with Gasteiger partial charge in [0.1, 0.15) is 11.5 Å². The maximum Gasteiger partial charge on any atom is 0.321 e. The van der Waals surface area contributed by atoms with Crippen molar-refractivity contribution in [2.45, 2.75) is 37.3 Å². The maximum absolute atomic E-state index is 12.1. The molecule has 6 heteroatoms. The van der Waals surface area contributed by atoms with E-state index in [1.807, 2.05) is 32.0 Å². The normalized spacial score (nSPS) is 27.5. The van der Waals surface area contributed by atoms with Crippen molar-refractivity contribution < 1.29 is 9.90 Å². The molecule has 2 aromatic rings. The lowest BCUT2D eigenvalue weighted by Gasteiger charge is -2.36. The lowest BCUT2D eigenvalue weighted by molar-refractivity contribution is -0.139. The summed E-state index contributed by atoms with van der Waals surface area (Å²) >= 11 is 12.2. The van der Waals surface area contributed by atoms with Crippen LogP contribution in [0.3, 0.4) is 0 Å². The average molecular weight is 403 g/mol. The highest BCUT2D eigenvalue weighted by atomic mass is 35.5. The van der Waals surface area contributed by atoms with Crippen LogP contribution in [0.2, 0.25) is 10.0 Å². The minimum Gasteiger partial charge on any atom is -0.480 e. The summed E-state index contributed by atoms with van der Waals surface area (Å²) < 4.78 is 0. The SMILES string of the molecule is CC(C)[C@@H]1N[C@@H](C(=O)O)C(c2cccc(Cl)c2)C1(C#N)c1ccc(Cl)cc1. The summed E-state index contributed by atoms with van der Waals surface area (Å²) in [6.45, 7) is 3.97. The number of rotatable bonds is 4. The van der Waals surface area contributed by atoms with Crippen LogP contribution in [-0.2, 0) is 10.2 Å². The first-order valence-corrected chi connectivity index (χ1v) is 9.48. The van der Waals surface area contributed by atoms with Crippen molar-refractivity contribution in [3.05, 3.63) is 69.7 Å². The molecule has 1 aliphatic heterocycles. The standard InChI is InChI=1S/C21H20Cl2N2O2/c1-12(2)19-21(11-24,14-6-8-15(22)9-7-14)17(18(25-19)20(26)27)13-4-3-5-16(23)10-13/h3-10,12,17-19,25H,1-2H3,(H,26,27)/t17?,18-,19+,21?/m1/s1. The Balaban J connectivity index is 2.30. The summed E-state index contributed by atoms with van der Waals surface area (Å²) in [5.41, 5.74) is 0.392. The lowest BCUT2D eigenvalue weighted by atomic mass is 9.63. The molecule has 27 heavy (non-hydrogen) atoms. The fraction of sp³-hybridized carbons (Fsp3) is 0.333. The summed E-state index contributed by atoms with van der Waals surface area (Å²) in [5.74, 6) is -1.56. The molecule has 1 saturated heterocycles. The molecule has 0 aromatic heterocycles. The highest BCUT2D eigenvalue weighted by Gasteiger charge is 2.60. The van der Waals surface area contributed by atoms with Crippen LogP contribution in [-0.4, -0.2) is 23.2 Å². The second-order valence-electron chi connectivity index (χ2n) is 7.22. The minimum atomic E-state index is -1.08. The molecule has 0 radical (unpaired) electrons. The second kappa shape index (κ2) is 7.52. The molecule has 3 rings (SSSR count). The first-order valence-electron chi connectivity index (χ1n) is 8.73. The highest BCUT2D eigenvalue weighted by molar-refractivity contribution is 6.30. The first kappa shape index (κ1) is 19.7. The Morgan fingerprint density at radius 1 is 1.19 bits per heavy atom. The molecular weight excluding hydrogens is 383 g/mol. The fourth-order valence-electron chi connectivity index (χ4n) is 4.25. The van der Waals surface area contributed by atoms with Gasteiger partial charge in [-0.3, -0.25) is 10.1 Å². The van der Waals surface area contributed by atoms with Crippen LogP contribution >= 0.6 is 23.2 Å². The molecular formula is C21H20Cl2N2O2. The van der Waals surface area contributed by atoms with E-state index in [9.17, 15) is 15.2 Å². The molecule has 1 aliphatic rings. The van der Waals surface area contributed by atoms with Crippen LogP contribution in [0.25, 0.3) is 0 Å². The van der Waals surface area contributed by atoms with Crippen molar-refractivity contribution in [1.82, 2.24) is 5.32 Å². The summed E-state index contributed by atoms with van der Waals surface area (Å²) in [6, 6.07) is 15.4. The van der Waals surface area contributed by atoms with Gasteiger partial charge in [-0.15, -0.1) is 0 Å². The fourth-order valence-corrected chi connectivity index (χ4v) is 4.58. The Hall–Kier alpha value is -2.06. The van der Waals surface area contributed by atoms with E-state index >= 15 is 0 Å². The van der Waals surface area contributed by atoms with Gasteiger partial charge in [-0.25, -0.2) is 0 Å². The number of carboxylic acids is 1. The highest BCUT2D eigenvalue weighted by Crippen LogP contribution is 2.50. The van der Waals surface area contributed by atoms with Crippen molar-refractivity contribution >= 4 is 29.2 Å². The van der Waals surface area contributed by atoms with Crippen molar-refractivity contribution in [2.75, 3.05) is 0 Å². The van der Waals surface area contributed by atoms with Crippen LogP contribution in [0.15, 0.2) is 48.5 Å². The Morgan fingerprint density at radius 2 is 1.85 bits per heavy atom. The van der Waals surface area contributed by atoms with Crippen LogP contribution < -0.4 is 5.32 Å². The largest absolute Gasteiger partial charge is 0.480 e. The maximum atomic E-state index is 12.1. The zero-order chi connectivity index (χ0) is 19.8. The van der Waals surface area contributed by atoms with Gasteiger partial charge < -0.3 is 5.11 Å². The van der Waals surface area contributed by atoms with Gasteiger partial charge in [0.05, 0.1) is 6.07 Å². The zero-order valence-electron chi connectivity index (χ0n) is 15.0. The Labute approximate surface area is 168 Å². The second-order valence-corrected chi connectivity index (χ2v) is 8.10. The van der Waals surface area contributed by atoms with Crippen molar-refractivity contribution in [2.24, 2.45) is 5.92 Å². The molecule has 2 unspecified atom stereocenters. The van der Waals surface area contributed by atoms with Gasteiger partial charge in [-0.05, 0) is 41.3 Å². The van der Waals surface area contributed by atoms with Gasteiger partial charge in [0, 0.05) is 22.0 Å². The van der Waals surface area contributed by atoms with E-state index in [1.54, 1.807) is 30.3 Å². The molecule has 140 valence electrons. The van der Waals surface area contributed by atoms with Crippen LogP contribution in [0.4, 0.5) is 0 Å². The molecule has 0 bridgehead atoms. The molecule has 1 heterocycles. The zero-order valence-corrected chi connectivity index (χ0v) is 16.5. The quantitative estimate of drug-likeness (QED) is 0.782. The molecule has 0 spiro atoms. The molecule has 2 aromatic carbocycles. The number of hydrogen-bond acceptors (Lipinski definition) is 3. The molecule has 1 fully saturated rings. The molecule has 4 atom stereocenters. The van der Waals surface area contributed by atoms with Gasteiger partial charge in [0.25, 0.3) is 0 Å². The van der Waals surface area contributed by atoms with Gasteiger partial charge in [0.15, 0.2) is 0 Å². The van der Waals surface area contributed by atoms with Crippen LogP contribution in [0.1, 0.15) is 30.9 Å². The van der Waals surface area contributed by atoms with Crippen molar-refractivity contribution in [3.8, 4) is 6.07 Å². The molecule has 2 N–H and O–H groups in total. The number of benzene rings is 2. The topological polar surface area (TPSA) is 73.1 Å². The summed E-state index contributed by atoms with van der Waals surface area (Å²) in [7, 11) is 0. The molecule has 0 aliphatic carbocycles. The molecule has 4 nitrogen and oxygen atoms in total. The predicted octanol–water partition coefficient (Wildman–Crippen LogP) is 4.62. The van der Waals surface area contributed by atoms with Gasteiger partial charge in [0.2, 0.25) is 0 Å². The first-order chi connectivity index (χ1) is 12.8. The van der Waals surface area contributed by atoms with Crippen LogP contribution in [0, 0.1) is 17.2 Å². The number of nitrogens with one attached hydrogen (secondary N) is 1. The summed E-state index contributed by atoms with van der Waals surface area (Å²) in [6.07, 6.45) is 0. The Morgan fingerprint density at radius 3 is 2.37 bits per heavy atom. The number of carbonyl (C=O) groups is 1. The van der Waals surface area contributed by atoms with Crippen molar-refractivity contribution in [3.63, 3.8) is 0 Å². The van der Waals surface area contributed by atoms with E-state index in [0.29, 0.717) is 10.0 Å². The number of nitrogens with zero attached hydrogens (tertiary/aromatic N) is 1. The third kappa shape index (κ3) is 3.32. The van der Waals surface area contributed by atoms with Gasteiger partial charge >= 0.3 is 5.97 Å². The Bertz CT molecular complexity index is 892. The predicted molar refractivity (Wildman–Crippen MR) is 106 cm³/mol. The number of carboxylic acid groups (broad SMARTS) is 1. The van der Waals surface area contributed by atoms with E-state index in [1.165, 1.54) is 0 Å². The Kier molecular flexibility index (Phi) is 5.48. The van der Waals surface area contributed by atoms with Crippen molar-refractivity contribution in [1.29, 1.82) is 5.26 Å². The third-order valence-corrected chi connectivity index (χ3v) is 5.81. The number of halogens is 2. The van der Waals surface area contributed by atoms with E-state index in [2.05, 4.69) is 11.4 Å².